The predicted octanol–water partition coefficient (Wildman–Crippen LogP) is 2.65. The minimum absolute atomic E-state index is 0.0383. The Morgan fingerprint density at radius 1 is 1.67 bits per heavy atom. The van der Waals surface area contributed by atoms with Crippen molar-refractivity contribution in [3.05, 3.63) is 36.0 Å². The van der Waals surface area contributed by atoms with Crippen molar-refractivity contribution in [2.45, 2.75) is 20.3 Å². The molecule has 0 radical (unpaired) electrons. The van der Waals surface area contributed by atoms with Crippen LogP contribution in [0.5, 0.6) is 0 Å². The second-order valence-corrected chi connectivity index (χ2v) is 3.57. The summed E-state index contributed by atoms with van der Waals surface area (Å²) < 4.78 is 0. The maximum absolute atomic E-state index is 10.5. The van der Waals surface area contributed by atoms with E-state index >= 15 is 0 Å². The number of hydrogen-bond acceptors (Lipinski definition) is 1. The minimum Gasteiger partial charge on any atom is -0.298 e. The molecule has 1 unspecified atom stereocenters. The number of aldehydes is 1. The molecule has 0 saturated carbocycles. The van der Waals surface area contributed by atoms with E-state index in [9.17, 15) is 4.79 Å². The Kier molecular flexibility index (Phi) is 2.32. The van der Waals surface area contributed by atoms with Crippen LogP contribution < -0.4 is 0 Å². The Morgan fingerprint density at radius 3 is 2.75 bits per heavy atom. The molecule has 0 bridgehead atoms. The van der Waals surface area contributed by atoms with Gasteiger partial charge in [-0.3, -0.25) is 4.79 Å². The highest BCUT2D eigenvalue weighted by Gasteiger charge is 2.21. The van der Waals surface area contributed by atoms with Crippen LogP contribution >= 0.6 is 0 Å². The van der Waals surface area contributed by atoms with Crippen molar-refractivity contribution in [1.29, 1.82) is 0 Å². The summed E-state index contributed by atoms with van der Waals surface area (Å²) >= 11 is 0. The molecular formula is C11H14O. The van der Waals surface area contributed by atoms with Crippen molar-refractivity contribution in [2.24, 2.45) is 5.41 Å². The standard InChI is InChI=1S/C11H14O/c1-4-11(3)6-5-10(8-12)9(2)7-11/h4-6,8H,1,7H2,2-3H3. The van der Waals surface area contributed by atoms with Gasteiger partial charge in [-0.15, -0.1) is 6.58 Å². The average Bonchev–Trinajstić information content (AvgIpc) is 2.05. The Labute approximate surface area is 73.5 Å². The largest absolute Gasteiger partial charge is 0.298 e. The van der Waals surface area contributed by atoms with Crippen LogP contribution in [-0.4, -0.2) is 6.29 Å². The van der Waals surface area contributed by atoms with Gasteiger partial charge in [-0.05, 0) is 13.3 Å². The molecule has 0 N–H and O–H groups in total. The summed E-state index contributed by atoms with van der Waals surface area (Å²) in [5.41, 5.74) is 2.00. The third kappa shape index (κ3) is 1.55. The van der Waals surface area contributed by atoms with Crippen molar-refractivity contribution in [3.8, 4) is 0 Å². The maximum Gasteiger partial charge on any atom is 0.149 e. The molecule has 1 heteroatoms. The van der Waals surface area contributed by atoms with E-state index in [1.165, 1.54) is 0 Å². The number of rotatable bonds is 2. The molecule has 12 heavy (non-hydrogen) atoms. The Morgan fingerprint density at radius 2 is 2.33 bits per heavy atom. The highest BCUT2D eigenvalue weighted by atomic mass is 16.1. The van der Waals surface area contributed by atoms with Crippen LogP contribution in [0.4, 0.5) is 0 Å². The summed E-state index contributed by atoms with van der Waals surface area (Å²) in [4.78, 5) is 10.5. The highest BCUT2D eigenvalue weighted by molar-refractivity contribution is 5.79. The molecule has 0 aliphatic heterocycles. The molecule has 0 fully saturated rings. The molecule has 1 nitrogen and oxygen atoms in total. The van der Waals surface area contributed by atoms with Gasteiger partial charge >= 0.3 is 0 Å². The molecule has 1 atom stereocenters. The van der Waals surface area contributed by atoms with E-state index in [0.29, 0.717) is 0 Å². The van der Waals surface area contributed by atoms with Crippen molar-refractivity contribution in [3.63, 3.8) is 0 Å². The Bertz CT molecular complexity index is 271. The lowest BCUT2D eigenvalue weighted by molar-refractivity contribution is -0.104. The molecule has 1 aliphatic rings. The van der Waals surface area contributed by atoms with Gasteiger partial charge in [-0.2, -0.15) is 0 Å². The van der Waals surface area contributed by atoms with Gasteiger partial charge in [-0.25, -0.2) is 0 Å². The van der Waals surface area contributed by atoms with Crippen LogP contribution in [0.25, 0.3) is 0 Å². The monoisotopic (exact) mass is 162 g/mol. The highest BCUT2D eigenvalue weighted by Crippen LogP contribution is 2.33. The normalized spacial score (nSPS) is 28.8. The van der Waals surface area contributed by atoms with Crippen LogP contribution in [0, 0.1) is 5.41 Å². The zero-order valence-corrected chi connectivity index (χ0v) is 7.63. The first-order valence-electron chi connectivity index (χ1n) is 4.09. The molecule has 0 aromatic heterocycles. The maximum atomic E-state index is 10.5. The first-order chi connectivity index (χ1) is 5.61. The molecular weight excluding hydrogens is 148 g/mol. The van der Waals surface area contributed by atoms with Crippen molar-refractivity contribution >= 4 is 6.29 Å². The molecule has 0 heterocycles. The van der Waals surface area contributed by atoms with Crippen molar-refractivity contribution in [2.75, 3.05) is 0 Å². The average molecular weight is 162 g/mol. The number of carbonyl (C=O) groups excluding carboxylic acids is 1. The summed E-state index contributed by atoms with van der Waals surface area (Å²) in [6.45, 7) is 7.89. The van der Waals surface area contributed by atoms with Gasteiger partial charge in [0, 0.05) is 11.0 Å². The van der Waals surface area contributed by atoms with Crippen molar-refractivity contribution < 1.29 is 4.79 Å². The fraction of sp³-hybridized carbons (Fsp3) is 0.364. The van der Waals surface area contributed by atoms with Gasteiger partial charge in [0.2, 0.25) is 0 Å². The van der Waals surface area contributed by atoms with Crippen LogP contribution in [0.1, 0.15) is 20.3 Å². The fourth-order valence-corrected chi connectivity index (χ4v) is 1.43. The smallest absolute Gasteiger partial charge is 0.149 e. The lowest BCUT2D eigenvalue weighted by Crippen LogP contribution is -2.14. The third-order valence-corrected chi connectivity index (χ3v) is 2.38. The molecule has 1 aliphatic carbocycles. The second-order valence-electron chi connectivity index (χ2n) is 3.57. The zero-order valence-electron chi connectivity index (χ0n) is 7.63. The van der Waals surface area contributed by atoms with E-state index in [-0.39, 0.29) is 5.41 Å². The molecule has 1 rings (SSSR count). The minimum atomic E-state index is 0.0383. The quantitative estimate of drug-likeness (QED) is 0.450. The van der Waals surface area contributed by atoms with Crippen LogP contribution in [0.15, 0.2) is 36.0 Å². The van der Waals surface area contributed by atoms with E-state index in [1.807, 2.05) is 25.2 Å². The van der Waals surface area contributed by atoms with E-state index < -0.39 is 0 Å². The molecule has 0 saturated heterocycles. The summed E-state index contributed by atoms with van der Waals surface area (Å²) in [6, 6.07) is 0. The molecule has 64 valence electrons. The van der Waals surface area contributed by atoms with E-state index in [4.69, 9.17) is 0 Å². The first kappa shape index (κ1) is 8.98. The Balaban J connectivity index is 2.95. The van der Waals surface area contributed by atoms with Gasteiger partial charge in [0.05, 0.1) is 0 Å². The van der Waals surface area contributed by atoms with Gasteiger partial charge < -0.3 is 0 Å². The number of carbonyl (C=O) groups is 1. The summed E-state index contributed by atoms with van der Waals surface area (Å²) in [7, 11) is 0. The summed E-state index contributed by atoms with van der Waals surface area (Å²) in [5.74, 6) is 0. The van der Waals surface area contributed by atoms with E-state index in [2.05, 4.69) is 13.5 Å². The topological polar surface area (TPSA) is 17.1 Å². The van der Waals surface area contributed by atoms with Gasteiger partial charge in [0.15, 0.2) is 0 Å². The fourth-order valence-electron chi connectivity index (χ4n) is 1.43. The number of hydrogen-bond donors (Lipinski definition) is 0. The van der Waals surface area contributed by atoms with Crippen LogP contribution in [-0.2, 0) is 4.79 Å². The van der Waals surface area contributed by atoms with E-state index in [1.54, 1.807) is 0 Å². The van der Waals surface area contributed by atoms with Crippen LogP contribution in [0.3, 0.4) is 0 Å². The number of allylic oxidation sites excluding steroid dienone is 5. The lowest BCUT2D eigenvalue weighted by Gasteiger charge is -2.25. The van der Waals surface area contributed by atoms with Crippen molar-refractivity contribution in [1.82, 2.24) is 0 Å². The van der Waals surface area contributed by atoms with E-state index in [0.717, 1.165) is 23.9 Å². The Hall–Kier alpha value is -1.11. The summed E-state index contributed by atoms with van der Waals surface area (Å²) in [5, 5.41) is 0. The second kappa shape index (κ2) is 3.10. The molecule has 0 spiro atoms. The third-order valence-electron chi connectivity index (χ3n) is 2.38. The van der Waals surface area contributed by atoms with Gasteiger partial charge in [-0.1, -0.05) is 30.7 Å². The molecule has 0 aromatic rings. The SMILES string of the molecule is C=CC1(C)C=CC(C=O)=C(C)C1. The predicted molar refractivity (Wildman–Crippen MR) is 50.8 cm³/mol. The molecule has 0 aromatic carbocycles. The first-order valence-corrected chi connectivity index (χ1v) is 4.09. The van der Waals surface area contributed by atoms with Gasteiger partial charge in [0.25, 0.3) is 0 Å². The molecule has 0 amide bonds. The zero-order chi connectivity index (χ0) is 9.19. The summed E-state index contributed by atoms with van der Waals surface area (Å²) in [6.07, 6.45) is 7.66. The van der Waals surface area contributed by atoms with Crippen LogP contribution in [0.2, 0.25) is 0 Å². The van der Waals surface area contributed by atoms with Gasteiger partial charge in [0.1, 0.15) is 6.29 Å². The lowest BCUT2D eigenvalue weighted by atomic mass is 9.79.